The van der Waals surface area contributed by atoms with Crippen molar-refractivity contribution in [1.29, 1.82) is 0 Å². The molecule has 0 fully saturated rings. The highest BCUT2D eigenvalue weighted by atomic mass is 16.3. The second kappa shape index (κ2) is 5.43. The summed E-state index contributed by atoms with van der Waals surface area (Å²) in [5, 5.41) is 9.65. The molecule has 2 heteroatoms. The summed E-state index contributed by atoms with van der Waals surface area (Å²) in [7, 11) is 0. The van der Waals surface area contributed by atoms with Crippen LogP contribution >= 0.6 is 0 Å². The first-order chi connectivity index (χ1) is 14.7. The molecule has 2 nitrogen and oxygen atoms in total. The Morgan fingerprint density at radius 2 is 1.13 bits per heavy atom. The van der Waals surface area contributed by atoms with Crippen LogP contribution in [0.2, 0.25) is 0 Å². The number of fused-ring (bicyclic) bond motifs is 6. The van der Waals surface area contributed by atoms with Crippen LogP contribution in [-0.2, 0) is 0 Å². The van der Waals surface area contributed by atoms with Crippen LogP contribution in [0.1, 0.15) is 11.1 Å². The van der Waals surface area contributed by atoms with Crippen LogP contribution in [0.25, 0.3) is 65.4 Å². The molecular weight excluding hydrogens is 368 g/mol. The van der Waals surface area contributed by atoms with Crippen molar-refractivity contribution in [2.75, 3.05) is 0 Å². The smallest absolute Gasteiger partial charge is 0.135 e. The maximum atomic E-state index is 6.40. The topological polar surface area (TPSA) is 26.3 Å². The minimum absolute atomic E-state index is 0.906. The van der Waals surface area contributed by atoms with Crippen molar-refractivity contribution >= 4 is 65.4 Å². The summed E-state index contributed by atoms with van der Waals surface area (Å²) in [6.07, 6.45) is 0. The Morgan fingerprint density at radius 3 is 2.03 bits per heavy atom. The predicted octanol–water partition coefficient (Wildman–Crippen LogP) is 8.41. The van der Waals surface area contributed by atoms with Gasteiger partial charge in [-0.1, -0.05) is 48.0 Å². The minimum Gasteiger partial charge on any atom is -0.456 e. The molecule has 0 aliphatic rings. The van der Waals surface area contributed by atoms with E-state index in [2.05, 4.69) is 80.6 Å². The molecular formula is C28H18O2. The van der Waals surface area contributed by atoms with Crippen molar-refractivity contribution in [2.45, 2.75) is 13.8 Å². The van der Waals surface area contributed by atoms with Gasteiger partial charge in [-0.05, 0) is 60.5 Å². The van der Waals surface area contributed by atoms with Gasteiger partial charge in [0.25, 0.3) is 0 Å². The lowest BCUT2D eigenvalue weighted by Crippen LogP contribution is -1.92. The standard InChI is InChI=1S/C28H18O2/c1-15-10-12-21-19(14-15)27-25-18(7-5-9-22(25)30-21)24-16(2)11-13-23-28(24)26(27)17-6-3-4-8-20(17)29-23/h3-14H,1-2H3. The summed E-state index contributed by atoms with van der Waals surface area (Å²) in [5.74, 6) is 0. The lowest BCUT2D eigenvalue weighted by Gasteiger charge is -2.18. The predicted molar refractivity (Wildman–Crippen MR) is 125 cm³/mol. The normalized spacial score (nSPS) is 12.3. The molecule has 5 aromatic carbocycles. The lowest BCUT2D eigenvalue weighted by atomic mass is 9.88. The van der Waals surface area contributed by atoms with E-state index < -0.39 is 0 Å². The monoisotopic (exact) mass is 386 g/mol. The summed E-state index contributed by atoms with van der Waals surface area (Å²) in [6, 6.07) is 25.5. The zero-order valence-corrected chi connectivity index (χ0v) is 16.7. The van der Waals surface area contributed by atoms with Gasteiger partial charge in [0.15, 0.2) is 0 Å². The zero-order chi connectivity index (χ0) is 20.0. The zero-order valence-electron chi connectivity index (χ0n) is 16.7. The Hall–Kier alpha value is -3.78. The van der Waals surface area contributed by atoms with E-state index in [4.69, 9.17) is 8.83 Å². The third-order valence-electron chi connectivity index (χ3n) is 6.42. The highest BCUT2D eigenvalue weighted by Crippen LogP contribution is 2.46. The molecule has 0 radical (unpaired) electrons. The number of aryl methyl sites for hydroxylation is 2. The van der Waals surface area contributed by atoms with Crippen LogP contribution < -0.4 is 0 Å². The molecule has 7 rings (SSSR count). The van der Waals surface area contributed by atoms with Crippen LogP contribution in [0, 0.1) is 13.8 Å². The Bertz CT molecular complexity index is 1810. The van der Waals surface area contributed by atoms with Crippen molar-refractivity contribution in [3.05, 3.63) is 83.9 Å². The SMILES string of the molecule is Cc1ccc2oc3cccc4c5c(C)ccc6oc7ccccc7c(c65)c(c2c1)c34. The molecule has 0 aliphatic heterocycles. The largest absolute Gasteiger partial charge is 0.456 e. The molecule has 2 heterocycles. The van der Waals surface area contributed by atoms with Gasteiger partial charge in [0.1, 0.15) is 22.3 Å². The molecule has 0 amide bonds. The van der Waals surface area contributed by atoms with Gasteiger partial charge in [-0.2, -0.15) is 0 Å². The maximum absolute atomic E-state index is 6.40. The summed E-state index contributed by atoms with van der Waals surface area (Å²) >= 11 is 0. The van der Waals surface area contributed by atoms with Gasteiger partial charge in [0.05, 0.1) is 0 Å². The fraction of sp³-hybridized carbons (Fsp3) is 0.0714. The van der Waals surface area contributed by atoms with Crippen molar-refractivity contribution in [3.63, 3.8) is 0 Å². The van der Waals surface area contributed by atoms with Gasteiger partial charge in [0, 0.05) is 32.3 Å². The van der Waals surface area contributed by atoms with Crippen LogP contribution in [0.4, 0.5) is 0 Å². The Morgan fingerprint density at radius 1 is 0.467 bits per heavy atom. The first kappa shape index (κ1) is 16.1. The number of hydrogen-bond donors (Lipinski definition) is 0. The average molecular weight is 386 g/mol. The fourth-order valence-corrected chi connectivity index (χ4v) is 5.17. The Kier molecular flexibility index (Phi) is 2.91. The molecule has 7 aromatic rings. The molecule has 30 heavy (non-hydrogen) atoms. The summed E-state index contributed by atoms with van der Waals surface area (Å²) in [6.45, 7) is 4.32. The maximum Gasteiger partial charge on any atom is 0.135 e. The van der Waals surface area contributed by atoms with Crippen LogP contribution in [-0.4, -0.2) is 0 Å². The first-order valence-electron chi connectivity index (χ1n) is 10.3. The molecule has 0 aliphatic carbocycles. The van der Waals surface area contributed by atoms with Crippen LogP contribution in [0.3, 0.4) is 0 Å². The minimum atomic E-state index is 0.906. The van der Waals surface area contributed by atoms with E-state index in [1.54, 1.807) is 0 Å². The summed E-state index contributed by atoms with van der Waals surface area (Å²) in [4.78, 5) is 0. The molecule has 0 saturated heterocycles. The fourth-order valence-electron chi connectivity index (χ4n) is 5.17. The molecule has 0 saturated carbocycles. The third-order valence-corrected chi connectivity index (χ3v) is 6.42. The summed E-state index contributed by atoms with van der Waals surface area (Å²) in [5.41, 5.74) is 6.14. The molecule has 0 unspecified atom stereocenters. The van der Waals surface area contributed by atoms with E-state index in [9.17, 15) is 0 Å². The van der Waals surface area contributed by atoms with Gasteiger partial charge in [-0.15, -0.1) is 0 Å². The first-order valence-corrected chi connectivity index (χ1v) is 10.3. The van der Waals surface area contributed by atoms with E-state index in [1.165, 1.54) is 43.4 Å². The Labute approximate surface area is 172 Å². The number of hydrogen-bond acceptors (Lipinski definition) is 2. The van der Waals surface area contributed by atoms with Gasteiger partial charge < -0.3 is 8.83 Å². The van der Waals surface area contributed by atoms with E-state index in [0.717, 1.165) is 33.1 Å². The third kappa shape index (κ3) is 1.89. The van der Waals surface area contributed by atoms with Crippen molar-refractivity contribution in [3.8, 4) is 0 Å². The quantitative estimate of drug-likeness (QED) is 0.193. The van der Waals surface area contributed by atoms with Gasteiger partial charge in [0.2, 0.25) is 0 Å². The highest BCUT2D eigenvalue weighted by molar-refractivity contribution is 6.40. The molecule has 2 aromatic heterocycles. The molecule has 0 N–H and O–H groups in total. The van der Waals surface area contributed by atoms with E-state index in [0.29, 0.717) is 0 Å². The average Bonchev–Trinajstić information content (AvgIpc) is 2.77. The summed E-state index contributed by atoms with van der Waals surface area (Å²) < 4.78 is 12.8. The van der Waals surface area contributed by atoms with E-state index in [-0.39, 0.29) is 0 Å². The van der Waals surface area contributed by atoms with E-state index >= 15 is 0 Å². The molecule has 0 atom stereocenters. The Balaban J connectivity index is 2.01. The van der Waals surface area contributed by atoms with Crippen molar-refractivity contribution < 1.29 is 8.83 Å². The molecule has 0 bridgehead atoms. The number of para-hydroxylation sites is 1. The second-order valence-corrected chi connectivity index (χ2v) is 8.26. The van der Waals surface area contributed by atoms with Gasteiger partial charge in [-0.3, -0.25) is 0 Å². The van der Waals surface area contributed by atoms with Crippen LogP contribution in [0.15, 0.2) is 81.6 Å². The molecule has 0 spiro atoms. The number of rotatable bonds is 0. The highest BCUT2D eigenvalue weighted by Gasteiger charge is 2.21. The second-order valence-electron chi connectivity index (χ2n) is 8.26. The lowest BCUT2D eigenvalue weighted by molar-refractivity contribution is 0.660. The van der Waals surface area contributed by atoms with Crippen molar-refractivity contribution in [2.24, 2.45) is 0 Å². The van der Waals surface area contributed by atoms with Crippen molar-refractivity contribution in [1.82, 2.24) is 0 Å². The van der Waals surface area contributed by atoms with Crippen LogP contribution in [0.5, 0.6) is 0 Å². The van der Waals surface area contributed by atoms with Gasteiger partial charge >= 0.3 is 0 Å². The number of benzene rings is 5. The molecule has 142 valence electrons. The van der Waals surface area contributed by atoms with Gasteiger partial charge in [-0.25, -0.2) is 0 Å². The van der Waals surface area contributed by atoms with E-state index in [1.807, 2.05) is 6.07 Å².